The molecule has 4 nitrogen and oxygen atoms in total. The van der Waals surface area contributed by atoms with Crippen LogP contribution in [-0.4, -0.2) is 28.5 Å². The van der Waals surface area contributed by atoms with Crippen molar-refractivity contribution in [2.45, 2.75) is 20.4 Å². The van der Waals surface area contributed by atoms with Gasteiger partial charge >= 0.3 is 0 Å². The van der Waals surface area contributed by atoms with Crippen LogP contribution in [0.1, 0.15) is 13.8 Å². The van der Waals surface area contributed by atoms with Crippen LogP contribution in [0.25, 0.3) is 0 Å². The number of rotatable bonds is 6. The van der Waals surface area contributed by atoms with Crippen LogP contribution in [0, 0.1) is 5.92 Å². The molecule has 0 aliphatic carbocycles. The van der Waals surface area contributed by atoms with E-state index in [2.05, 4.69) is 4.98 Å². The van der Waals surface area contributed by atoms with E-state index in [4.69, 9.17) is 4.74 Å². The van der Waals surface area contributed by atoms with Crippen LogP contribution in [0.4, 0.5) is 0 Å². The van der Waals surface area contributed by atoms with Crippen molar-refractivity contribution in [3.05, 3.63) is 18.7 Å². The zero-order valence-electron chi connectivity index (χ0n) is 8.64. The van der Waals surface area contributed by atoms with Gasteiger partial charge in [0.15, 0.2) is 5.78 Å². The lowest BCUT2D eigenvalue weighted by Crippen LogP contribution is -2.16. The Kier molecular flexibility index (Phi) is 4.32. The van der Waals surface area contributed by atoms with Crippen molar-refractivity contribution in [3.63, 3.8) is 0 Å². The third-order valence-corrected chi connectivity index (χ3v) is 1.94. The molecule has 0 fully saturated rings. The molecule has 0 spiro atoms. The number of ether oxygens (including phenoxy) is 1. The summed E-state index contributed by atoms with van der Waals surface area (Å²) in [6, 6.07) is 0. The first-order chi connectivity index (χ1) is 6.70. The Labute approximate surface area is 83.9 Å². The highest BCUT2D eigenvalue weighted by Crippen LogP contribution is 1.95. The molecular weight excluding hydrogens is 180 g/mol. The van der Waals surface area contributed by atoms with Crippen molar-refractivity contribution >= 4 is 5.78 Å². The van der Waals surface area contributed by atoms with Gasteiger partial charge < -0.3 is 9.30 Å². The van der Waals surface area contributed by atoms with Gasteiger partial charge in [-0.05, 0) is 0 Å². The van der Waals surface area contributed by atoms with Gasteiger partial charge in [0, 0.05) is 24.9 Å². The van der Waals surface area contributed by atoms with Crippen molar-refractivity contribution < 1.29 is 9.53 Å². The van der Waals surface area contributed by atoms with Gasteiger partial charge in [-0.1, -0.05) is 13.8 Å². The molecule has 0 saturated carbocycles. The second kappa shape index (κ2) is 5.54. The van der Waals surface area contributed by atoms with Crippen LogP contribution in [-0.2, 0) is 16.1 Å². The summed E-state index contributed by atoms with van der Waals surface area (Å²) >= 11 is 0. The Hall–Kier alpha value is -1.16. The number of hydrogen-bond acceptors (Lipinski definition) is 3. The third kappa shape index (κ3) is 3.70. The number of Topliss-reactive ketones (excluding diaryl/α,β-unsaturated/α-hetero) is 1. The lowest BCUT2D eigenvalue weighted by molar-refractivity contribution is -0.126. The summed E-state index contributed by atoms with van der Waals surface area (Å²) in [6.45, 7) is 5.26. The topological polar surface area (TPSA) is 44.1 Å². The molecule has 1 aromatic heterocycles. The van der Waals surface area contributed by atoms with Crippen LogP contribution < -0.4 is 0 Å². The van der Waals surface area contributed by atoms with E-state index in [-0.39, 0.29) is 18.3 Å². The van der Waals surface area contributed by atoms with Crippen molar-refractivity contribution in [3.8, 4) is 0 Å². The van der Waals surface area contributed by atoms with E-state index in [9.17, 15) is 4.79 Å². The summed E-state index contributed by atoms with van der Waals surface area (Å²) in [7, 11) is 0. The van der Waals surface area contributed by atoms with Crippen molar-refractivity contribution in [2.24, 2.45) is 5.92 Å². The molecule has 0 radical (unpaired) electrons. The van der Waals surface area contributed by atoms with Crippen LogP contribution in [0.3, 0.4) is 0 Å². The highest BCUT2D eigenvalue weighted by atomic mass is 16.5. The lowest BCUT2D eigenvalue weighted by Gasteiger charge is -2.05. The van der Waals surface area contributed by atoms with E-state index in [1.807, 2.05) is 24.6 Å². The second-order valence-corrected chi connectivity index (χ2v) is 3.47. The minimum atomic E-state index is 0.0586. The average molecular weight is 196 g/mol. The molecule has 0 atom stereocenters. The summed E-state index contributed by atoms with van der Waals surface area (Å²) in [5, 5.41) is 0. The maximum absolute atomic E-state index is 11.2. The first kappa shape index (κ1) is 10.9. The number of imidazole rings is 1. The van der Waals surface area contributed by atoms with Crippen LogP contribution in [0.2, 0.25) is 0 Å². The van der Waals surface area contributed by atoms with E-state index in [0.717, 1.165) is 6.54 Å². The molecule has 0 N–H and O–H groups in total. The van der Waals surface area contributed by atoms with Gasteiger partial charge in [-0.2, -0.15) is 0 Å². The Morgan fingerprint density at radius 2 is 2.36 bits per heavy atom. The van der Waals surface area contributed by atoms with E-state index < -0.39 is 0 Å². The lowest BCUT2D eigenvalue weighted by atomic mass is 10.1. The molecular formula is C10H16N2O2. The molecule has 1 heterocycles. The molecule has 0 saturated heterocycles. The van der Waals surface area contributed by atoms with Crippen LogP contribution in [0.5, 0.6) is 0 Å². The standard InChI is InChI=1S/C10H16N2O2/c1-9(2)10(13)7-14-6-5-12-4-3-11-8-12/h3-4,8-9H,5-7H2,1-2H3. The number of carbonyl (C=O) groups is 1. The van der Waals surface area contributed by atoms with Crippen LogP contribution >= 0.6 is 0 Å². The molecule has 0 amide bonds. The Morgan fingerprint density at radius 1 is 1.57 bits per heavy atom. The van der Waals surface area contributed by atoms with Gasteiger partial charge in [-0.15, -0.1) is 0 Å². The molecule has 0 aliphatic heterocycles. The Morgan fingerprint density at radius 3 is 2.93 bits per heavy atom. The molecule has 78 valence electrons. The van der Waals surface area contributed by atoms with Crippen molar-refractivity contribution in [1.82, 2.24) is 9.55 Å². The molecule has 0 aromatic carbocycles. The predicted octanol–water partition coefficient (Wildman–Crippen LogP) is 1.12. The highest BCUT2D eigenvalue weighted by molar-refractivity contribution is 5.81. The quantitative estimate of drug-likeness (QED) is 0.640. The fourth-order valence-corrected chi connectivity index (χ4v) is 0.928. The largest absolute Gasteiger partial charge is 0.372 e. The first-order valence-corrected chi connectivity index (χ1v) is 4.76. The number of carbonyl (C=O) groups excluding carboxylic acids is 1. The normalized spacial score (nSPS) is 10.8. The number of aromatic nitrogens is 2. The first-order valence-electron chi connectivity index (χ1n) is 4.76. The number of ketones is 1. The van der Waals surface area contributed by atoms with E-state index in [0.29, 0.717) is 6.61 Å². The molecule has 0 bridgehead atoms. The fraction of sp³-hybridized carbons (Fsp3) is 0.600. The van der Waals surface area contributed by atoms with Gasteiger partial charge in [0.25, 0.3) is 0 Å². The van der Waals surface area contributed by atoms with Gasteiger partial charge in [0.1, 0.15) is 6.61 Å². The summed E-state index contributed by atoms with van der Waals surface area (Å²) in [6.07, 6.45) is 5.32. The van der Waals surface area contributed by atoms with Gasteiger partial charge in [0.05, 0.1) is 12.9 Å². The monoisotopic (exact) mass is 196 g/mol. The SMILES string of the molecule is CC(C)C(=O)COCCn1ccnc1. The summed E-state index contributed by atoms with van der Waals surface area (Å²) < 4.78 is 7.15. The highest BCUT2D eigenvalue weighted by Gasteiger charge is 2.06. The van der Waals surface area contributed by atoms with E-state index >= 15 is 0 Å². The van der Waals surface area contributed by atoms with Crippen molar-refractivity contribution in [1.29, 1.82) is 0 Å². The predicted molar refractivity (Wildman–Crippen MR) is 52.9 cm³/mol. The second-order valence-electron chi connectivity index (χ2n) is 3.47. The average Bonchev–Trinajstić information content (AvgIpc) is 2.64. The fourth-order valence-electron chi connectivity index (χ4n) is 0.928. The smallest absolute Gasteiger partial charge is 0.160 e. The van der Waals surface area contributed by atoms with Gasteiger partial charge in [-0.25, -0.2) is 4.98 Å². The number of nitrogens with zero attached hydrogens (tertiary/aromatic N) is 2. The maximum Gasteiger partial charge on any atom is 0.160 e. The molecule has 0 aliphatic rings. The molecule has 4 heteroatoms. The zero-order chi connectivity index (χ0) is 10.4. The molecule has 1 aromatic rings. The Balaban J connectivity index is 2.08. The van der Waals surface area contributed by atoms with E-state index in [1.165, 1.54) is 0 Å². The minimum Gasteiger partial charge on any atom is -0.372 e. The third-order valence-electron chi connectivity index (χ3n) is 1.94. The van der Waals surface area contributed by atoms with Gasteiger partial charge in [0.2, 0.25) is 0 Å². The van der Waals surface area contributed by atoms with Crippen LogP contribution in [0.15, 0.2) is 18.7 Å². The van der Waals surface area contributed by atoms with E-state index in [1.54, 1.807) is 12.5 Å². The summed E-state index contributed by atoms with van der Waals surface area (Å²) in [5.74, 6) is 0.207. The molecule has 0 unspecified atom stereocenters. The Bertz CT molecular complexity index is 268. The maximum atomic E-state index is 11.2. The summed E-state index contributed by atoms with van der Waals surface area (Å²) in [5.41, 5.74) is 0. The number of hydrogen-bond donors (Lipinski definition) is 0. The minimum absolute atomic E-state index is 0.0586. The van der Waals surface area contributed by atoms with Gasteiger partial charge in [-0.3, -0.25) is 4.79 Å². The molecule has 14 heavy (non-hydrogen) atoms. The summed E-state index contributed by atoms with van der Waals surface area (Å²) in [4.78, 5) is 15.1. The molecule has 1 rings (SSSR count). The zero-order valence-corrected chi connectivity index (χ0v) is 8.64. The van der Waals surface area contributed by atoms with Crippen molar-refractivity contribution in [2.75, 3.05) is 13.2 Å².